The molecule has 0 saturated carbocycles. The smallest absolute Gasteiger partial charge is 0.306 e. The second kappa shape index (κ2) is 71.6. The number of allylic oxidation sites excluding steroid dienone is 10. The van der Waals surface area contributed by atoms with Crippen LogP contribution in [0, 0.1) is 0 Å². The van der Waals surface area contributed by atoms with Gasteiger partial charge >= 0.3 is 17.9 Å². The van der Waals surface area contributed by atoms with E-state index in [0.29, 0.717) is 19.3 Å². The van der Waals surface area contributed by atoms with Crippen LogP contribution >= 0.6 is 0 Å². The molecule has 0 spiro atoms. The Labute approximate surface area is 517 Å². The molecule has 0 aliphatic carbocycles. The summed E-state index contributed by atoms with van der Waals surface area (Å²) in [6.45, 7) is 6.61. The van der Waals surface area contributed by atoms with Gasteiger partial charge in [0.1, 0.15) is 13.2 Å². The minimum Gasteiger partial charge on any atom is -0.462 e. The van der Waals surface area contributed by atoms with Crippen molar-refractivity contribution in [3.05, 3.63) is 60.8 Å². The number of rotatable bonds is 68. The van der Waals surface area contributed by atoms with Gasteiger partial charge in [-0.3, -0.25) is 14.4 Å². The summed E-state index contributed by atoms with van der Waals surface area (Å²) in [7, 11) is 0. The van der Waals surface area contributed by atoms with Crippen LogP contribution in [0.25, 0.3) is 0 Å². The zero-order chi connectivity index (χ0) is 59.9. The predicted octanol–water partition coefficient (Wildman–Crippen LogP) is 25.5. The molecular formula is C77H140O6. The highest BCUT2D eigenvalue weighted by Gasteiger charge is 2.19. The first-order valence-electron chi connectivity index (χ1n) is 36.8. The van der Waals surface area contributed by atoms with Crippen LogP contribution in [0.3, 0.4) is 0 Å². The van der Waals surface area contributed by atoms with Gasteiger partial charge in [0.2, 0.25) is 0 Å². The first-order chi connectivity index (χ1) is 41.0. The standard InChI is InChI=1S/C77H140O6/c1-4-7-10-13-16-19-22-25-28-31-33-34-35-36-37-38-39-40-41-42-43-44-45-47-49-52-55-58-61-64-67-70-76(79)82-73-74(72-81-75(78)69-66-63-60-57-54-51-48-30-27-24-21-18-15-12-9-6-3)83-77(80)71-68-65-62-59-56-53-50-46-32-29-26-23-20-17-14-11-8-5-2/h7,10,16,19,25,28,33-34,36-37,74H,4-6,8-9,11-15,17-18,20-24,26-27,29-32,35,38-73H2,1-3H3/b10-7-,19-16-,28-25-,34-33-,37-36-. The average molecular weight is 1160 g/mol. The van der Waals surface area contributed by atoms with Crippen LogP contribution in [0.4, 0.5) is 0 Å². The monoisotopic (exact) mass is 1160 g/mol. The summed E-state index contributed by atoms with van der Waals surface area (Å²) in [6, 6.07) is 0. The zero-order valence-electron chi connectivity index (χ0n) is 55.7. The maximum absolute atomic E-state index is 13.0. The summed E-state index contributed by atoms with van der Waals surface area (Å²) in [6.07, 6.45) is 92.5. The Morgan fingerprint density at radius 2 is 0.470 bits per heavy atom. The molecule has 0 aliphatic heterocycles. The van der Waals surface area contributed by atoms with E-state index >= 15 is 0 Å². The number of hydrogen-bond donors (Lipinski definition) is 0. The van der Waals surface area contributed by atoms with Crippen molar-refractivity contribution in [1.82, 2.24) is 0 Å². The third kappa shape index (κ3) is 69.8. The number of carbonyl (C=O) groups is 3. The third-order valence-electron chi connectivity index (χ3n) is 16.5. The first-order valence-corrected chi connectivity index (χ1v) is 36.8. The molecule has 1 atom stereocenters. The highest BCUT2D eigenvalue weighted by Crippen LogP contribution is 2.19. The molecule has 0 aliphatic rings. The molecule has 0 heterocycles. The van der Waals surface area contributed by atoms with Gasteiger partial charge in [-0.2, -0.15) is 0 Å². The highest BCUT2D eigenvalue weighted by molar-refractivity contribution is 5.71. The fraction of sp³-hybridized carbons (Fsp3) is 0.831. The van der Waals surface area contributed by atoms with Crippen LogP contribution in [0.15, 0.2) is 60.8 Å². The number of unbranched alkanes of at least 4 members (excludes halogenated alkanes) is 47. The van der Waals surface area contributed by atoms with Gasteiger partial charge in [0, 0.05) is 19.3 Å². The predicted molar refractivity (Wildman–Crippen MR) is 362 cm³/mol. The molecule has 0 aromatic heterocycles. The maximum atomic E-state index is 13.0. The Morgan fingerprint density at radius 3 is 0.735 bits per heavy atom. The quantitative estimate of drug-likeness (QED) is 0.0261. The summed E-state index contributed by atoms with van der Waals surface area (Å²) in [5, 5.41) is 0. The summed E-state index contributed by atoms with van der Waals surface area (Å²) in [5.74, 6) is -0.835. The van der Waals surface area contributed by atoms with Crippen LogP contribution < -0.4 is 0 Å². The summed E-state index contributed by atoms with van der Waals surface area (Å²) in [5.41, 5.74) is 0. The molecule has 83 heavy (non-hydrogen) atoms. The van der Waals surface area contributed by atoms with Gasteiger partial charge in [-0.25, -0.2) is 0 Å². The van der Waals surface area contributed by atoms with Crippen molar-refractivity contribution in [2.45, 2.75) is 399 Å². The lowest BCUT2D eigenvalue weighted by atomic mass is 10.0. The Balaban J connectivity index is 4.21. The van der Waals surface area contributed by atoms with Crippen molar-refractivity contribution >= 4 is 17.9 Å². The average Bonchev–Trinajstić information content (AvgIpc) is 3.49. The van der Waals surface area contributed by atoms with Crippen LogP contribution in [0.5, 0.6) is 0 Å². The largest absolute Gasteiger partial charge is 0.462 e. The second-order valence-corrected chi connectivity index (χ2v) is 24.8. The van der Waals surface area contributed by atoms with Gasteiger partial charge in [-0.1, -0.05) is 370 Å². The molecule has 6 heteroatoms. The van der Waals surface area contributed by atoms with Crippen LogP contribution in [0.2, 0.25) is 0 Å². The Morgan fingerprint density at radius 1 is 0.253 bits per heavy atom. The van der Waals surface area contributed by atoms with Crippen molar-refractivity contribution in [2.24, 2.45) is 0 Å². The van der Waals surface area contributed by atoms with E-state index in [1.807, 2.05) is 0 Å². The number of ether oxygens (including phenoxy) is 3. The van der Waals surface area contributed by atoms with Crippen LogP contribution in [-0.4, -0.2) is 37.2 Å². The van der Waals surface area contributed by atoms with Crippen LogP contribution in [-0.2, 0) is 28.6 Å². The topological polar surface area (TPSA) is 78.9 Å². The molecule has 0 bridgehead atoms. The van der Waals surface area contributed by atoms with E-state index in [-0.39, 0.29) is 31.1 Å². The Kier molecular flexibility index (Phi) is 69.1. The normalized spacial score (nSPS) is 12.4. The Hall–Kier alpha value is -2.89. The van der Waals surface area contributed by atoms with E-state index in [9.17, 15) is 14.4 Å². The summed E-state index contributed by atoms with van der Waals surface area (Å²) >= 11 is 0. The molecule has 0 N–H and O–H groups in total. The maximum Gasteiger partial charge on any atom is 0.306 e. The molecule has 0 rings (SSSR count). The third-order valence-corrected chi connectivity index (χ3v) is 16.5. The molecule has 0 aromatic rings. The van der Waals surface area contributed by atoms with Gasteiger partial charge in [0.25, 0.3) is 0 Å². The van der Waals surface area contributed by atoms with E-state index in [1.165, 1.54) is 263 Å². The molecule has 484 valence electrons. The molecule has 0 fully saturated rings. The molecule has 0 radical (unpaired) electrons. The molecule has 0 amide bonds. The molecule has 1 unspecified atom stereocenters. The molecule has 0 saturated heterocycles. The SMILES string of the molecule is CC/C=C\C/C=C\C/C=C\C/C=C\C/C=C\CCCCCCCCCCCCCCCCCC(=O)OCC(COC(=O)CCCCCCCCCCCCCCCCCC)OC(=O)CCCCCCCCCCCCCCCCCCCC. The lowest BCUT2D eigenvalue weighted by Gasteiger charge is -2.18. The van der Waals surface area contributed by atoms with Crippen molar-refractivity contribution < 1.29 is 28.6 Å². The minimum atomic E-state index is -0.770. The minimum absolute atomic E-state index is 0.0662. The van der Waals surface area contributed by atoms with Gasteiger partial charge in [0.05, 0.1) is 0 Å². The number of hydrogen-bond acceptors (Lipinski definition) is 6. The molecule has 0 aromatic carbocycles. The molecular weight excluding hydrogens is 1020 g/mol. The first kappa shape index (κ1) is 80.1. The van der Waals surface area contributed by atoms with E-state index in [0.717, 1.165) is 89.9 Å². The highest BCUT2D eigenvalue weighted by atomic mass is 16.6. The van der Waals surface area contributed by atoms with Crippen molar-refractivity contribution in [3.8, 4) is 0 Å². The lowest BCUT2D eigenvalue weighted by molar-refractivity contribution is -0.167. The van der Waals surface area contributed by atoms with Gasteiger partial charge < -0.3 is 14.2 Å². The van der Waals surface area contributed by atoms with Gasteiger partial charge in [0.15, 0.2) is 6.10 Å². The summed E-state index contributed by atoms with van der Waals surface area (Å²) in [4.78, 5) is 38.5. The van der Waals surface area contributed by atoms with Gasteiger partial charge in [-0.05, 0) is 64.2 Å². The molecule has 6 nitrogen and oxygen atoms in total. The fourth-order valence-corrected chi connectivity index (χ4v) is 11.1. The van der Waals surface area contributed by atoms with E-state index in [1.54, 1.807) is 0 Å². The Bertz CT molecular complexity index is 1470. The lowest BCUT2D eigenvalue weighted by Crippen LogP contribution is -2.30. The van der Waals surface area contributed by atoms with Gasteiger partial charge in [-0.15, -0.1) is 0 Å². The van der Waals surface area contributed by atoms with Crippen molar-refractivity contribution in [3.63, 3.8) is 0 Å². The zero-order valence-corrected chi connectivity index (χ0v) is 55.7. The number of esters is 3. The van der Waals surface area contributed by atoms with Crippen LogP contribution in [0.1, 0.15) is 393 Å². The van der Waals surface area contributed by atoms with E-state index in [2.05, 4.69) is 81.5 Å². The fourth-order valence-electron chi connectivity index (χ4n) is 11.1. The van der Waals surface area contributed by atoms with E-state index in [4.69, 9.17) is 14.2 Å². The second-order valence-electron chi connectivity index (χ2n) is 24.8. The van der Waals surface area contributed by atoms with Crippen molar-refractivity contribution in [1.29, 1.82) is 0 Å². The number of carbonyl (C=O) groups excluding carboxylic acids is 3. The summed E-state index contributed by atoms with van der Waals surface area (Å²) < 4.78 is 17.0. The van der Waals surface area contributed by atoms with Crippen molar-refractivity contribution in [2.75, 3.05) is 13.2 Å². The van der Waals surface area contributed by atoms with E-state index < -0.39 is 6.10 Å².